The summed E-state index contributed by atoms with van der Waals surface area (Å²) in [5.41, 5.74) is 2.90. The SMILES string of the molecule is Cn1c(C(=O)NCC(=O)Nc2ccc(C#N)cc2)cc2occc21. The summed E-state index contributed by atoms with van der Waals surface area (Å²) in [6.07, 6.45) is 1.55. The van der Waals surface area contributed by atoms with Crippen LogP contribution in [-0.4, -0.2) is 22.9 Å². The van der Waals surface area contributed by atoms with Crippen LogP contribution in [0.1, 0.15) is 16.1 Å². The molecule has 24 heavy (non-hydrogen) atoms. The van der Waals surface area contributed by atoms with E-state index in [-0.39, 0.29) is 18.4 Å². The zero-order valence-electron chi connectivity index (χ0n) is 12.9. The van der Waals surface area contributed by atoms with Crippen molar-refractivity contribution in [2.75, 3.05) is 11.9 Å². The maximum atomic E-state index is 12.2. The van der Waals surface area contributed by atoms with E-state index in [0.717, 1.165) is 5.52 Å². The average molecular weight is 322 g/mol. The van der Waals surface area contributed by atoms with Gasteiger partial charge in [0.1, 0.15) is 5.69 Å². The molecular formula is C17H14N4O3. The van der Waals surface area contributed by atoms with Crippen molar-refractivity contribution in [2.45, 2.75) is 0 Å². The number of rotatable bonds is 4. The normalized spacial score (nSPS) is 10.3. The molecule has 0 radical (unpaired) electrons. The van der Waals surface area contributed by atoms with E-state index in [1.165, 1.54) is 0 Å². The summed E-state index contributed by atoms with van der Waals surface area (Å²) >= 11 is 0. The maximum Gasteiger partial charge on any atom is 0.268 e. The molecule has 0 saturated carbocycles. The molecule has 7 nitrogen and oxygen atoms in total. The number of anilines is 1. The zero-order chi connectivity index (χ0) is 17.1. The highest BCUT2D eigenvalue weighted by molar-refractivity contribution is 6.00. The Bertz CT molecular complexity index is 945. The van der Waals surface area contributed by atoms with Gasteiger partial charge in [-0.1, -0.05) is 0 Å². The lowest BCUT2D eigenvalue weighted by atomic mass is 10.2. The zero-order valence-corrected chi connectivity index (χ0v) is 12.9. The smallest absolute Gasteiger partial charge is 0.268 e. The van der Waals surface area contributed by atoms with E-state index < -0.39 is 0 Å². The molecule has 2 aromatic heterocycles. The Hall–Kier alpha value is -3.53. The van der Waals surface area contributed by atoms with Crippen LogP contribution in [0.15, 0.2) is 47.1 Å². The van der Waals surface area contributed by atoms with Gasteiger partial charge in [0.15, 0.2) is 5.58 Å². The van der Waals surface area contributed by atoms with Gasteiger partial charge in [-0.05, 0) is 24.3 Å². The predicted octanol–water partition coefficient (Wildman–Crippen LogP) is 2.01. The molecule has 0 saturated heterocycles. The van der Waals surface area contributed by atoms with Crippen LogP contribution in [0.4, 0.5) is 5.69 Å². The van der Waals surface area contributed by atoms with E-state index in [0.29, 0.717) is 22.5 Å². The molecule has 0 aliphatic heterocycles. The number of benzene rings is 1. The molecule has 0 aliphatic rings. The fourth-order valence-corrected chi connectivity index (χ4v) is 2.35. The van der Waals surface area contributed by atoms with Crippen LogP contribution in [0, 0.1) is 11.3 Å². The average Bonchev–Trinajstić information content (AvgIpc) is 3.17. The van der Waals surface area contributed by atoms with Crippen LogP contribution in [0.2, 0.25) is 0 Å². The van der Waals surface area contributed by atoms with Gasteiger partial charge in [-0.25, -0.2) is 0 Å². The van der Waals surface area contributed by atoms with E-state index in [1.54, 1.807) is 54.3 Å². The second kappa shape index (κ2) is 6.30. The lowest BCUT2D eigenvalue weighted by Crippen LogP contribution is -2.33. The van der Waals surface area contributed by atoms with Crippen molar-refractivity contribution in [2.24, 2.45) is 7.05 Å². The molecule has 0 fully saturated rings. The number of nitriles is 1. The number of nitrogens with zero attached hydrogens (tertiary/aromatic N) is 2. The predicted molar refractivity (Wildman–Crippen MR) is 87.3 cm³/mol. The molecule has 2 N–H and O–H groups in total. The third-order valence-electron chi connectivity index (χ3n) is 3.60. The van der Waals surface area contributed by atoms with E-state index in [9.17, 15) is 9.59 Å². The van der Waals surface area contributed by atoms with Crippen molar-refractivity contribution in [3.8, 4) is 6.07 Å². The first-order valence-corrected chi connectivity index (χ1v) is 7.19. The van der Waals surface area contributed by atoms with Crippen molar-refractivity contribution in [3.05, 3.63) is 53.9 Å². The second-order valence-electron chi connectivity index (χ2n) is 5.18. The Kier molecular flexibility index (Phi) is 4.03. The molecule has 3 rings (SSSR count). The minimum absolute atomic E-state index is 0.161. The molecule has 3 aromatic rings. The van der Waals surface area contributed by atoms with Crippen molar-refractivity contribution < 1.29 is 14.0 Å². The number of hydrogen-bond acceptors (Lipinski definition) is 4. The molecule has 120 valence electrons. The molecule has 7 heteroatoms. The van der Waals surface area contributed by atoms with Gasteiger partial charge in [0.05, 0.1) is 30.0 Å². The quantitative estimate of drug-likeness (QED) is 0.767. The van der Waals surface area contributed by atoms with Crippen LogP contribution in [0.5, 0.6) is 0 Å². The second-order valence-corrected chi connectivity index (χ2v) is 5.18. The minimum Gasteiger partial charge on any atom is -0.463 e. The standard InChI is InChI=1S/C17H14N4O3/c1-21-13-6-7-24-15(13)8-14(21)17(23)19-10-16(22)20-12-4-2-11(9-18)3-5-12/h2-8H,10H2,1H3,(H,19,23)(H,20,22). The Morgan fingerprint density at radius 3 is 2.67 bits per heavy atom. The number of carbonyl (C=O) groups excluding carboxylic acids is 2. The molecule has 1 aromatic carbocycles. The first kappa shape index (κ1) is 15.4. The summed E-state index contributed by atoms with van der Waals surface area (Å²) in [6, 6.07) is 11.9. The largest absolute Gasteiger partial charge is 0.463 e. The Morgan fingerprint density at radius 2 is 2.00 bits per heavy atom. The topological polar surface area (TPSA) is 100 Å². The fraction of sp³-hybridized carbons (Fsp3) is 0.118. The number of nitrogens with one attached hydrogen (secondary N) is 2. The molecule has 0 bridgehead atoms. The molecule has 2 heterocycles. The number of fused-ring (bicyclic) bond motifs is 1. The van der Waals surface area contributed by atoms with Crippen LogP contribution >= 0.6 is 0 Å². The van der Waals surface area contributed by atoms with Gasteiger partial charge in [0.25, 0.3) is 5.91 Å². The Morgan fingerprint density at radius 1 is 1.25 bits per heavy atom. The molecule has 0 spiro atoms. The van der Waals surface area contributed by atoms with Crippen LogP contribution in [-0.2, 0) is 11.8 Å². The Labute approximate surface area is 137 Å². The third-order valence-corrected chi connectivity index (χ3v) is 3.60. The van der Waals surface area contributed by atoms with Crippen molar-refractivity contribution in [1.82, 2.24) is 9.88 Å². The summed E-state index contributed by atoms with van der Waals surface area (Å²) in [5, 5.41) is 13.9. The molecule has 2 amide bonds. The Balaban J connectivity index is 1.59. The summed E-state index contributed by atoms with van der Waals surface area (Å²) < 4.78 is 6.95. The van der Waals surface area contributed by atoms with Gasteiger partial charge in [-0.3, -0.25) is 9.59 Å². The first-order chi connectivity index (χ1) is 11.6. The van der Waals surface area contributed by atoms with E-state index in [1.807, 2.05) is 6.07 Å². The van der Waals surface area contributed by atoms with Gasteiger partial charge >= 0.3 is 0 Å². The third kappa shape index (κ3) is 2.98. The monoisotopic (exact) mass is 322 g/mol. The maximum absolute atomic E-state index is 12.2. The van der Waals surface area contributed by atoms with Gasteiger partial charge in [-0.15, -0.1) is 0 Å². The lowest BCUT2D eigenvalue weighted by Gasteiger charge is -2.07. The number of aromatic nitrogens is 1. The van der Waals surface area contributed by atoms with Crippen molar-refractivity contribution >= 4 is 28.6 Å². The van der Waals surface area contributed by atoms with Gasteiger partial charge in [0, 0.05) is 24.9 Å². The van der Waals surface area contributed by atoms with Crippen LogP contribution < -0.4 is 10.6 Å². The number of carbonyl (C=O) groups is 2. The minimum atomic E-state index is -0.362. The van der Waals surface area contributed by atoms with Crippen molar-refractivity contribution in [3.63, 3.8) is 0 Å². The number of amides is 2. The summed E-state index contributed by atoms with van der Waals surface area (Å²) in [6.45, 7) is -0.161. The van der Waals surface area contributed by atoms with Gasteiger partial charge in [0.2, 0.25) is 5.91 Å². The van der Waals surface area contributed by atoms with E-state index in [4.69, 9.17) is 9.68 Å². The summed E-state index contributed by atoms with van der Waals surface area (Å²) in [5.74, 6) is -0.718. The summed E-state index contributed by atoms with van der Waals surface area (Å²) in [4.78, 5) is 24.1. The highest BCUT2D eigenvalue weighted by Gasteiger charge is 2.15. The fourth-order valence-electron chi connectivity index (χ4n) is 2.35. The van der Waals surface area contributed by atoms with Gasteiger partial charge < -0.3 is 19.6 Å². The highest BCUT2D eigenvalue weighted by Crippen LogP contribution is 2.19. The van der Waals surface area contributed by atoms with Crippen LogP contribution in [0.3, 0.4) is 0 Å². The van der Waals surface area contributed by atoms with Gasteiger partial charge in [-0.2, -0.15) is 5.26 Å². The van der Waals surface area contributed by atoms with Crippen molar-refractivity contribution in [1.29, 1.82) is 5.26 Å². The van der Waals surface area contributed by atoms with E-state index in [2.05, 4.69) is 10.6 Å². The first-order valence-electron chi connectivity index (χ1n) is 7.19. The lowest BCUT2D eigenvalue weighted by molar-refractivity contribution is -0.115. The molecule has 0 unspecified atom stereocenters. The molecule has 0 atom stereocenters. The molecule has 0 aliphatic carbocycles. The molecular weight excluding hydrogens is 308 g/mol. The highest BCUT2D eigenvalue weighted by atomic mass is 16.3. The van der Waals surface area contributed by atoms with Crippen LogP contribution in [0.25, 0.3) is 11.1 Å². The number of aryl methyl sites for hydroxylation is 1. The van der Waals surface area contributed by atoms with E-state index >= 15 is 0 Å². The number of furan rings is 1. The number of hydrogen-bond donors (Lipinski definition) is 2. The summed E-state index contributed by atoms with van der Waals surface area (Å²) in [7, 11) is 1.75.